The predicted molar refractivity (Wildman–Crippen MR) is 105 cm³/mol. The van der Waals surface area contributed by atoms with Crippen molar-refractivity contribution in [1.29, 1.82) is 5.41 Å². The van der Waals surface area contributed by atoms with Gasteiger partial charge in [-0.25, -0.2) is 0 Å². The molecule has 1 aliphatic heterocycles. The molecule has 4 nitrogen and oxygen atoms in total. The summed E-state index contributed by atoms with van der Waals surface area (Å²) in [5.41, 5.74) is 2.86. The van der Waals surface area contributed by atoms with E-state index in [4.69, 9.17) is 17.0 Å². The SMILES string of the molecule is CCCC(c1ccc(Cl)c(C=O)c1C=N)C1CC2(CNC2)C1.CNC. The summed E-state index contributed by atoms with van der Waals surface area (Å²) in [6.45, 7) is 4.51. The van der Waals surface area contributed by atoms with Crippen LogP contribution in [0.5, 0.6) is 0 Å². The highest BCUT2D eigenvalue weighted by Crippen LogP contribution is 2.55. The Labute approximate surface area is 156 Å². The van der Waals surface area contributed by atoms with Gasteiger partial charge in [0.05, 0.1) is 5.02 Å². The number of benzene rings is 1. The van der Waals surface area contributed by atoms with Crippen LogP contribution in [0.2, 0.25) is 5.02 Å². The number of carbonyl (C=O) groups is 1. The van der Waals surface area contributed by atoms with Crippen molar-refractivity contribution >= 4 is 24.1 Å². The van der Waals surface area contributed by atoms with Crippen molar-refractivity contribution in [2.45, 2.75) is 38.5 Å². The average Bonchev–Trinajstić information content (AvgIpc) is 2.51. The zero-order valence-corrected chi connectivity index (χ0v) is 16.2. The van der Waals surface area contributed by atoms with Crippen LogP contribution in [0.15, 0.2) is 12.1 Å². The van der Waals surface area contributed by atoms with E-state index in [1.807, 2.05) is 26.2 Å². The summed E-state index contributed by atoms with van der Waals surface area (Å²) in [5.74, 6) is 1.10. The van der Waals surface area contributed by atoms with Crippen LogP contribution in [0.1, 0.15) is 60.0 Å². The van der Waals surface area contributed by atoms with Gasteiger partial charge >= 0.3 is 0 Å². The number of carbonyl (C=O) groups excluding carboxylic acids is 1. The van der Waals surface area contributed by atoms with Gasteiger partial charge in [-0.1, -0.05) is 31.0 Å². The first kappa shape index (κ1) is 20.1. The van der Waals surface area contributed by atoms with E-state index < -0.39 is 0 Å². The lowest BCUT2D eigenvalue weighted by Crippen LogP contribution is -2.61. The molecule has 138 valence electrons. The fourth-order valence-electron chi connectivity index (χ4n) is 4.29. The summed E-state index contributed by atoms with van der Waals surface area (Å²) < 4.78 is 0. The van der Waals surface area contributed by atoms with Crippen molar-refractivity contribution in [3.05, 3.63) is 33.8 Å². The van der Waals surface area contributed by atoms with Gasteiger partial charge in [0.2, 0.25) is 0 Å². The van der Waals surface area contributed by atoms with Crippen molar-refractivity contribution in [2.75, 3.05) is 27.2 Å². The monoisotopic (exact) mass is 363 g/mol. The van der Waals surface area contributed by atoms with E-state index >= 15 is 0 Å². The molecule has 1 unspecified atom stereocenters. The molecule has 1 saturated heterocycles. The highest BCUT2D eigenvalue weighted by molar-refractivity contribution is 6.33. The first-order chi connectivity index (χ1) is 12.1. The van der Waals surface area contributed by atoms with E-state index in [1.165, 1.54) is 19.1 Å². The van der Waals surface area contributed by atoms with E-state index in [1.54, 1.807) is 0 Å². The molecular formula is C20H30ClN3O. The zero-order chi connectivity index (χ0) is 18.4. The predicted octanol–water partition coefficient (Wildman–Crippen LogP) is 3.87. The van der Waals surface area contributed by atoms with Gasteiger partial charge < -0.3 is 16.0 Å². The standard InChI is InChI=1S/C18H23ClN2O.C2H7N/c1-2-3-13(12-6-18(7-12)10-21-11-18)14-4-5-17(19)16(9-22)15(14)8-20;1-3-2/h4-5,8-9,12-13,20-21H,2-3,6-7,10-11H2,1H3;3H,1-2H3. The van der Waals surface area contributed by atoms with Gasteiger partial charge in [0.15, 0.2) is 6.29 Å². The van der Waals surface area contributed by atoms with Crippen LogP contribution < -0.4 is 10.6 Å². The summed E-state index contributed by atoms with van der Waals surface area (Å²) in [4.78, 5) is 11.4. The first-order valence-corrected chi connectivity index (χ1v) is 9.50. The Morgan fingerprint density at radius 3 is 2.44 bits per heavy atom. The fraction of sp³-hybridized carbons (Fsp3) is 0.600. The van der Waals surface area contributed by atoms with E-state index in [-0.39, 0.29) is 0 Å². The molecule has 0 bridgehead atoms. The second kappa shape index (κ2) is 8.93. The number of nitrogens with one attached hydrogen (secondary N) is 3. The Bertz CT molecular complexity index is 605. The lowest BCUT2D eigenvalue weighted by Gasteiger charge is -2.56. The molecule has 1 aliphatic carbocycles. The van der Waals surface area contributed by atoms with E-state index in [0.717, 1.165) is 37.8 Å². The highest BCUT2D eigenvalue weighted by atomic mass is 35.5. The summed E-state index contributed by atoms with van der Waals surface area (Å²) in [6, 6.07) is 3.84. The van der Waals surface area contributed by atoms with Crippen LogP contribution in [-0.2, 0) is 0 Å². The minimum Gasteiger partial charge on any atom is -0.323 e. The van der Waals surface area contributed by atoms with Crippen LogP contribution in [0.25, 0.3) is 0 Å². The topological polar surface area (TPSA) is 65.0 Å². The molecule has 0 radical (unpaired) electrons. The van der Waals surface area contributed by atoms with Crippen molar-refractivity contribution < 1.29 is 4.79 Å². The highest BCUT2D eigenvalue weighted by Gasteiger charge is 2.50. The minimum atomic E-state index is 0.434. The van der Waals surface area contributed by atoms with Gasteiger partial charge in [-0.2, -0.15) is 0 Å². The molecule has 1 aromatic rings. The molecule has 1 aromatic carbocycles. The molecular weight excluding hydrogens is 334 g/mol. The lowest BCUT2D eigenvalue weighted by molar-refractivity contribution is -0.0140. The number of hydrogen-bond donors (Lipinski definition) is 3. The van der Waals surface area contributed by atoms with Crippen LogP contribution >= 0.6 is 11.6 Å². The van der Waals surface area contributed by atoms with Crippen molar-refractivity contribution in [3.8, 4) is 0 Å². The molecule has 3 rings (SSSR count). The maximum atomic E-state index is 11.4. The van der Waals surface area contributed by atoms with Gasteiger partial charge in [-0.15, -0.1) is 0 Å². The molecule has 25 heavy (non-hydrogen) atoms. The smallest absolute Gasteiger partial charge is 0.152 e. The number of aldehydes is 1. The van der Waals surface area contributed by atoms with Crippen LogP contribution in [-0.4, -0.2) is 39.7 Å². The normalized spacial score (nSPS) is 19.2. The number of rotatable bonds is 6. The third-order valence-corrected chi connectivity index (χ3v) is 5.82. The summed E-state index contributed by atoms with van der Waals surface area (Å²) >= 11 is 6.12. The largest absolute Gasteiger partial charge is 0.323 e. The third kappa shape index (κ3) is 4.13. The molecule has 1 saturated carbocycles. The van der Waals surface area contributed by atoms with Crippen LogP contribution in [0.4, 0.5) is 0 Å². The quantitative estimate of drug-likeness (QED) is 0.531. The van der Waals surface area contributed by atoms with E-state index in [2.05, 4.69) is 17.6 Å². The van der Waals surface area contributed by atoms with E-state index in [0.29, 0.717) is 33.4 Å². The number of halogens is 1. The molecule has 0 aromatic heterocycles. The van der Waals surface area contributed by atoms with Crippen molar-refractivity contribution in [2.24, 2.45) is 11.3 Å². The number of hydrogen-bond acceptors (Lipinski definition) is 4. The van der Waals surface area contributed by atoms with Gasteiger partial charge in [-0.3, -0.25) is 4.79 Å². The molecule has 2 fully saturated rings. The lowest BCUT2D eigenvalue weighted by atomic mass is 9.54. The zero-order valence-electron chi connectivity index (χ0n) is 15.5. The Balaban J connectivity index is 0.000000701. The Kier molecular flexibility index (Phi) is 7.17. The fourth-order valence-corrected chi connectivity index (χ4v) is 4.50. The van der Waals surface area contributed by atoms with Gasteiger partial charge in [0.25, 0.3) is 0 Å². The minimum absolute atomic E-state index is 0.434. The van der Waals surface area contributed by atoms with Gasteiger partial charge in [-0.05, 0) is 62.2 Å². The summed E-state index contributed by atoms with van der Waals surface area (Å²) in [6.07, 6.45) is 6.83. The van der Waals surface area contributed by atoms with Crippen LogP contribution in [0.3, 0.4) is 0 Å². The van der Waals surface area contributed by atoms with Gasteiger partial charge in [0.1, 0.15) is 0 Å². The maximum Gasteiger partial charge on any atom is 0.152 e. The second-order valence-corrected chi connectivity index (χ2v) is 7.80. The average molecular weight is 364 g/mol. The van der Waals surface area contributed by atoms with Crippen molar-refractivity contribution in [3.63, 3.8) is 0 Å². The van der Waals surface area contributed by atoms with E-state index in [9.17, 15) is 4.79 Å². The molecule has 2 aliphatic rings. The first-order valence-electron chi connectivity index (χ1n) is 9.13. The molecule has 1 atom stereocenters. The van der Waals surface area contributed by atoms with Gasteiger partial charge in [0, 0.05) is 30.4 Å². The maximum absolute atomic E-state index is 11.4. The van der Waals surface area contributed by atoms with Crippen molar-refractivity contribution in [1.82, 2.24) is 10.6 Å². The van der Waals surface area contributed by atoms with Crippen LogP contribution in [0, 0.1) is 16.7 Å². The Morgan fingerprint density at radius 2 is 2.00 bits per heavy atom. The second-order valence-electron chi connectivity index (χ2n) is 7.39. The summed E-state index contributed by atoms with van der Waals surface area (Å²) in [5, 5.41) is 14.3. The molecule has 3 N–H and O–H groups in total. The molecule has 1 heterocycles. The third-order valence-electron chi connectivity index (χ3n) is 5.49. The molecule has 1 spiro atoms. The molecule has 0 amide bonds. The summed E-state index contributed by atoms with van der Waals surface area (Å²) in [7, 11) is 3.75. The Hall–Kier alpha value is -1.23. The molecule has 5 heteroatoms. The Morgan fingerprint density at radius 1 is 1.36 bits per heavy atom.